The van der Waals surface area contributed by atoms with Gasteiger partial charge >= 0.3 is 7.12 Å². The highest BCUT2D eigenvalue weighted by molar-refractivity contribution is 6.62. The van der Waals surface area contributed by atoms with E-state index >= 15 is 0 Å². The summed E-state index contributed by atoms with van der Waals surface area (Å²) in [4.78, 5) is 3.54. The Morgan fingerprint density at radius 2 is 1.83 bits per heavy atom. The molecule has 0 saturated carbocycles. The fourth-order valence-corrected chi connectivity index (χ4v) is 1.66. The van der Waals surface area contributed by atoms with Crippen LogP contribution in [0.2, 0.25) is 0 Å². The van der Waals surface area contributed by atoms with E-state index in [1.807, 2.05) is 33.8 Å². The standard InChI is InChI=1S/C12H14BFN2O2/c1-11(2)12(3,4)18-13(17-11)9-5-8(6-15)7-16-10(9)14/h5,7H,1-4H3. The Balaban J connectivity index is 2.38. The van der Waals surface area contributed by atoms with Crippen molar-refractivity contribution in [2.45, 2.75) is 38.9 Å². The second-order valence-electron chi connectivity index (χ2n) is 5.30. The van der Waals surface area contributed by atoms with Crippen LogP contribution in [0.1, 0.15) is 33.3 Å². The highest BCUT2D eigenvalue weighted by Crippen LogP contribution is 2.36. The molecule has 0 unspecified atom stereocenters. The van der Waals surface area contributed by atoms with Crippen molar-refractivity contribution in [1.82, 2.24) is 4.98 Å². The first-order valence-corrected chi connectivity index (χ1v) is 5.68. The molecule has 6 heteroatoms. The van der Waals surface area contributed by atoms with Crippen LogP contribution >= 0.6 is 0 Å². The number of nitrogens with zero attached hydrogens (tertiary/aromatic N) is 2. The number of pyridine rings is 1. The van der Waals surface area contributed by atoms with Crippen LogP contribution in [0.15, 0.2) is 12.3 Å². The molecule has 94 valence electrons. The van der Waals surface area contributed by atoms with Crippen LogP contribution in [0.5, 0.6) is 0 Å². The van der Waals surface area contributed by atoms with Crippen LogP contribution in [-0.4, -0.2) is 23.3 Å². The Labute approximate surface area is 106 Å². The summed E-state index contributed by atoms with van der Waals surface area (Å²) in [6.45, 7) is 7.53. The molecule has 0 bridgehead atoms. The van der Waals surface area contributed by atoms with Crippen molar-refractivity contribution < 1.29 is 13.7 Å². The molecular formula is C12H14BFN2O2. The van der Waals surface area contributed by atoms with Crippen molar-refractivity contribution in [2.24, 2.45) is 0 Å². The second-order valence-corrected chi connectivity index (χ2v) is 5.30. The van der Waals surface area contributed by atoms with Crippen LogP contribution in [-0.2, 0) is 9.31 Å². The summed E-state index contributed by atoms with van der Waals surface area (Å²) in [5.41, 5.74) is -0.659. The van der Waals surface area contributed by atoms with Crippen molar-refractivity contribution in [1.29, 1.82) is 5.26 Å². The molecule has 0 amide bonds. The van der Waals surface area contributed by atoms with E-state index in [4.69, 9.17) is 14.6 Å². The fourth-order valence-electron chi connectivity index (χ4n) is 1.66. The molecule has 0 spiro atoms. The molecule has 0 aromatic carbocycles. The first kappa shape index (κ1) is 13.0. The quantitative estimate of drug-likeness (QED) is 0.556. The van der Waals surface area contributed by atoms with Crippen molar-refractivity contribution in [3.05, 3.63) is 23.8 Å². The van der Waals surface area contributed by atoms with Gasteiger partial charge in [-0.2, -0.15) is 9.65 Å². The van der Waals surface area contributed by atoms with E-state index in [1.165, 1.54) is 12.3 Å². The summed E-state index contributed by atoms with van der Waals surface area (Å²) >= 11 is 0. The molecule has 0 atom stereocenters. The average molecular weight is 248 g/mol. The molecule has 0 aliphatic carbocycles. The zero-order valence-corrected chi connectivity index (χ0v) is 10.8. The Hall–Kier alpha value is -1.45. The lowest BCUT2D eigenvalue weighted by Crippen LogP contribution is -2.41. The first-order valence-electron chi connectivity index (χ1n) is 5.68. The third-order valence-electron chi connectivity index (χ3n) is 3.50. The van der Waals surface area contributed by atoms with Crippen LogP contribution < -0.4 is 5.46 Å². The number of halogens is 1. The monoisotopic (exact) mass is 248 g/mol. The number of rotatable bonds is 1. The topological polar surface area (TPSA) is 55.1 Å². The summed E-state index contributed by atoms with van der Waals surface area (Å²) in [6, 6.07) is 3.33. The molecule has 18 heavy (non-hydrogen) atoms. The molecule has 1 aromatic heterocycles. The van der Waals surface area contributed by atoms with Gasteiger partial charge in [-0.15, -0.1) is 0 Å². The molecule has 2 heterocycles. The third-order valence-corrected chi connectivity index (χ3v) is 3.50. The zero-order chi connectivity index (χ0) is 13.6. The molecular weight excluding hydrogens is 234 g/mol. The highest BCUT2D eigenvalue weighted by Gasteiger charge is 2.52. The predicted octanol–water partition coefficient (Wildman–Crippen LogP) is 1.39. The van der Waals surface area contributed by atoms with Gasteiger partial charge in [0.25, 0.3) is 0 Å². The largest absolute Gasteiger partial charge is 0.499 e. The van der Waals surface area contributed by atoms with Gasteiger partial charge in [-0.3, -0.25) is 0 Å². The van der Waals surface area contributed by atoms with Gasteiger partial charge < -0.3 is 9.31 Å². The van der Waals surface area contributed by atoms with Crippen LogP contribution in [0.4, 0.5) is 4.39 Å². The third kappa shape index (κ3) is 2.00. The van der Waals surface area contributed by atoms with Crippen LogP contribution in [0.3, 0.4) is 0 Å². The van der Waals surface area contributed by atoms with Gasteiger partial charge in [0.2, 0.25) is 5.95 Å². The number of nitriles is 1. The SMILES string of the molecule is CC1(C)OB(c2cc(C#N)cnc2F)OC1(C)C. The molecule has 1 aliphatic heterocycles. The van der Waals surface area contributed by atoms with E-state index in [2.05, 4.69) is 4.98 Å². The zero-order valence-electron chi connectivity index (χ0n) is 10.8. The maximum atomic E-state index is 13.7. The molecule has 2 rings (SSSR count). The van der Waals surface area contributed by atoms with Gasteiger partial charge in [-0.1, -0.05) is 0 Å². The van der Waals surface area contributed by atoms with E-state index in [0.717, 1.165) is 0 Å². The molecule has 1 aliphatic rings. The van der Waals surface area contributed by atoms with Crippen LogP contribution in [0, 0.1) is 17.3 Å². The lowest BCUT2D eigenvalue weighted by molar-refractivity contribution is 0.00578. The highest BCUT2D eigenvalue weighted by atomic mass is 19.1. The molecule has 1 saturated heterocycles. The summed E-state index contributed by atoms with van der Waals surface area (Å²) in [7, 11) is -0.837. The lowest BCUT2D eigenvalue weighted by atomic mass is 9.79. The van der Waals surface area contributed by atoms with Crippen molar-refractivity contribution >= 4 is 12.6 Å². The average Bonchev–Trinajstić information content (AvgIpc) is 2.48. The normalized spacial score (nSPS) is 20.8. The molecule has 4 nitrogen and oxygen atoms in total. The van der Waals surface area contributed by atoms with Gasteiger partial charge in [-0.05, 0) is 33.8 Å². The van der Waals surface area contributed by atoms with E-state index in [0.29, 0.717) is 0 Å². The minimum atomic E-state index is -0.837. The maximum Gasteiger partial charge on any atom is 0.499 e. The van der Waals surface area contributed by atoms with Crippen LogP contribution in [0.25, 0.3) is 0 Å². The Morgan fingerprint density at radius 1 is 1.28 bits per heavy atom. The van der Waals surface area contributed by atoms with Gasteiger partial charge in [0.15, 0.2) is 0 Å². The van der Waals surface area contributed by atoms with Gasteiger partial charge in [0, 0.05) is 11.7 Å². The maximum absolute atomic E-state index is 13.7. The Morgan fingerprint density at radius 3 is 2.33 bits per heavy atom. The van der Waals surface area contributed by atoms with E-state index in [1.54, 1.807) is 0 Å². The van der Waals surface area contributed by atoms with Gasteiger partial charge in [0.05, 0.1) is 16.8 Å². The lowest BCUT2D eigenvalue weighted by Gasteiger charge is -2.32. The smallest absolute Gasteiger partial charge is 0.399 e. The van der Waals surface area contributed by atoms with Gasteiger partial charge in [0.1, 0.15) is 6.07 Å². The second kappa shape index (κ2) is 4.04. The summed E-state index contributed by atoms with van der Waals surface area (Å²) in [6.07, 6.45) is 1.18. The predicted molar refractivity (Wildman–Crippen MR) is 64.6 cm³/mol. The van der Waals surface area contributed by atoms with E-state index in [9.17, 15) is 4.39 Å². The Kier molecular flexibility index (Phi) is 2.92. The fraction of sp³-hybridized carbons (Fsp3) is 0.500. The first-order chi connectivity index (χ1) is 8.27. The summed E-state index contributed by atoms with van der Waals surface area (Å²) in [5, 5.41) is 8.81. The molecule has 0 radical (unpaired) electrons. The molecule has 1 fully saturated rings. The number of aromatic nitrogens is 1. The Bertz CT molecular complexity index is 509. The van der Waals surface area contributed by atoms with Crippen molar-refractivity contribution in [2.75, 3.05) is 0 Å². The van der Waals surface area contributed by atoms with E-state index < -0.39 is 24.3 Å². The van der Waals surface area contributed by atoms with Crippen molar-refractivity contribution in [3.8, 4) is 6.07 Å². The minimum absolute atomic E-state index is 0.160. The van der Waals surface area contributed by atoms with E-state index in [-0.39, 0.29) is 11.0 Å². The molecule has 1 aromatic rings. The summed E-state index contributed by atoms with van der Waals surface area (Å²) < 4.78 is 25.1. The van der Waals surface area contributed by atoms with Gasteiger partial charge in [-0.25, -0.2) is 4.98 Å². The van der Waals surface area contributed by atoms with Crippen molar-refractivity contribution in [3.63, 3.8) is 0 Å². The number of hydrogen-bond acceptors (Lipinski definition) is 4. The summed E-state index contributed by atoms with van der Waals surface area (Å²) in [5.74, 6) is -0.674. The molecule has 0 N–H and O–H groups in total. The number of hydrogen-bond donors (Lipinski definition) is 0. The minimum Gasteiger partial charge on any atom is -0.399 e.